The van der Waals surface area contributed by atoms with Gasteiger partial charge in [-0.05, 0) is 13.8 Å². The van der Waals surface area contributed by atoms with E-state index in [0.717, 1.165) is 17.8 Å². The first kappa shape index (κ1) is 13.2. The molecule has 0 radical (unpaired) electrons. The van der Waals surface area contributed by atoms with Crippen LogP contribution in [0.1, 0.15) is 18.2 Å². The predicted octanol–water partition coefficient (Wildman–Crippen LogP) is 0.216. The Hall–Kier alpha value is -0.910. The molecule has 5 heteroatoms. The van der Waals surface area contributed by atoms with Gasteiger partial charge in [-0.15, -0.1) is 0 Å². The van der Waals surface area contributed by atoms with Gasteiger partial charge in [0.2, 0.25) is 0 Å². The number of hydrogen-bond acceptors (Lipinski definition) is 4. The zero-order valence-corrected chi connectivity index (χ0v) is 10.2. The lowest BCUT2D eigenvalue weighted by atomic mass is 10.2. The lowest BCUT2D eigenvalue weighted by Gasteiger charge is -2.11. The Morgan fingerprint density at radius 3 is 2.94 bits per heavy atom. The van der Waals surface area contributed by atoms with Crippen molar-refractivity contribution in [3.8, 4) is 0 Å². The van der Waals surface area contributed by atoms with Gasteiger partial charge in [-0.25, -0.2) is 0 Å². The predicted molar refractivity (Wildman–Crippen MR) is 62.2 cm³/mol. The smallest absolute Gasteiger partial charge is 0.0897 e. The van der Waals surface area contributed by atoms with E-state index in [1.165, 1.54) is 0 Å². The number of aliphatic hydroxyl groups excluding tert-OH is 1. The van der Waals surface area contributed by atoms with Crippen molar-refractivity contribution >= 4 is 0 Å². The van der Waals surface area contributed by atoms with Crippen LogP contribution in [-0.2, 0) is 18.3 Å². The van der Waals surface area contributed by atoms with Crippen molar-refractivity contribution in [1.29, 1.82) is 0 Å². The van der Waals surface area contributed by atoms with E-state index in [1.807, 2.05) is 31.8 Å². The number of aliphatic hydroxyl groups is 1. The lowest BCUT2D eigenvalue weighted by molar-refractivity contribution is 0.0427. The molecule has 0 saturated carbocycles. The van der Waals surface area contributed by atoms with Crippen molar-refractivity contribution in [2.75, 3.05) is 19.8 Å². The van der Waals surface area contributed by atoms with E-state index < -0.39 is 6.10 Å². The summed E-state index contributed by atoms with van der Waals surface area (Å²) in [6, 6.07) is 0. The van der Waals surface area contributed by atoms with Gasteiger partial charge in [0, 0.05) is 38.0 Å². The van der Waals surface area contributed by atoms with E-state index in [0.29, 0.717) is 19.8 Å². The molecule has 0 aliphatic carbocycles. The maximum atomic E-state index is 9.52. The molecule has 0 saturated heterocycles. The maximum absolute atomic E-state index is 9.52. The fraction of sp³-hybridized carbons (Fsp3) is 0.727. The van der Waals surface area contributed by atoms with Crippen LogP contribution in [0.5, 0.6) is 0 Å². The minimum absolute atomic E-state index is 0.384. The summed E-state index contributed by atoms with van der Waals surface area (Å²) in [5, 5.41) is 16.9. The van der Waals surface area contributed by atoms with E-state index in [1.54, 1.807) is 0 Å². The molecule has 0 aromatic carbocycles. The van der Waals surface area contributed by atoms with Gasteiger partial charge in [-0.3, -0.25) is 4.68 Å². The van der Waals surface area contributed by atoms with Gasteiger partial charge in [0.05, 0.1) is 18.9 Å². The molecule has 1 aromatic heterocycles. The number of ether oxygens (including phenoxy) is 1. The Labute approximate surface area is 96.4 Å². The minimum atomic E-state index is -0.447. The summed E-state index contributed by atoms with van der Waals surface area (Å²) in [6.07, 6.45) is 1.40. The summed E-state index contributed by atoms with van der Waals surface area (Å²) in [5.41, 5.74) is 2.30. The summed E-state index contributed by atoms with van der Waals surface area (Å²) in [4.78, 5) is 0. The van der Waals surface area contributed by atoms with Gasteiger partial charge in [0.25, 0.3) is 0 Å². The molecule has 0 spiro atoms. The molecule has 0 amide bonds. The van der Waals surface area contributed by atoms with Gasteiger partial charge in [-0.1, -0.05) is 0 Å². The van der Waals surface area contributed by atoms with Crippen LogP contribution in [0.25, 0.3) is 0 Å². The number of nitrogens with zero attached hydrogens (tertiary/aromatic N) is 2. The largest absolute Gasteiger partial charge is 0.389 e. The third-order valence-electron chi connectivity index (χ3n) is 2.55. The van der Waals surface area contributed by atoms with Gasteiger partial charge >= 0.3 is 0 Å². The molecule has 1 heterocycles. The van der Waals surface area contributed by atoms with Crippen LogP contribution >= 0.6 is 0 Å². The highest BCUT2D eigenvalue weighted by molar-refractivity contribution is 5.15. The van der Waals surface area contributed by atoms with Crippen LogP contribution in [-0.4, -0.2) is 40.7 Å². The number of rotatable bonds is 7. The van der Waals surface area contributed by atoms with E-state index in [2.05, 4.69) is 10.4 Å². The van der Waals surface area contributed by atoms with Crippen LogP contribution in [0.15, 0.2) is 6.20 Å². The Balaban J connectivity index is 2.22. The minimum Gasteiger partial charge on any atom is -0.389 e. The average Bonchev–Trinajstić information content (AvgIpc) is 2.58. The highest BCUT2D eigenvalue weighted by Crippen LogP contribution is 2.04. The monoisotopic (exact) mass is 227 g/mol. The summed E-state index contributed by atoms with van der Waals surface area (Å²) in [5.74, 6) is 0. The molecule has 1 rings (SSSR count). The maximum Gasteiger partial charge on any atom is 0.0897 e. The highest BCUT2D eigenvalue weighted by Gasteiger charge is 2.06. The molecule has 0 bridgehead atoms. The lowest BCUT2D eigenvalue weighted by Crippen LogP contribution is -2.30. The summed E-state index contributed by atoms with van der Waals surface area (Å²) in [6.45, 7) is 6.23. The van der Waals surface area contributed by atoms with Crippen LogP contribution in [0.2, 0.25) is 0 Å². The molecule has 5 nitrogen and oxygen atoms in total. The van der Waals surface area contributed by atoms with Crippen molar-refractivity contribution in [2.24, 2.45) is 7.05 Å². The molecule has 2 N–H and O–H groups in total. The topological polar surface area (TPSA) is 59.3 Å². The summed E-state index contributed by atoms with van der Waals surface area (Å²) < 4.78 is 6.96. The normalized spacial score (nSPS) is 13.0. The van der Waals surface area contributed by atoms with Crippen LogP contribution < -0.4 is 5.32 Å². The second kappa shape index (κ2) is 6.62. The third kappa shape index (κ3) is 3.92. The molecule has 0 fully saturated rings. The first-order chi connectivity index (χ1) is 7.65. The van der Waals surface area contributed by atoms with Crippen molar-refractivity contribution in [1.82, 2.24) is 15.1 Å². The highest BCUT2D eigenvalue weighted by atomic mass is 16.5. The van der Waals surface area contributed by atoms with Gasteiger partial charge in [0.15, 0.2) is 0 Å². The molecular formula is C11H21N3O2. The molecule has 0 aliphatic heterocycles. The second-order valence-electron chi connectivity index (χ2n) is 3.82. The van der Waals surface area contributed by atoms with Gasteiger partial charge in [-0.2, -0.15) is 5.10 Å². The van der Waals surface area contributed by atoms with Crippen molar-refractivity contribution < 1.29 is 9.84 Å². The molecule has 16 heavy (non-hydrogen) atoms. The fourth-order valence-electron chi connectivity index (χ4n) is 1.40. The number of hydrogen-bond donors (Lipinski definition) is 2. The summed E-state index contributed by atoms with van der Waals surface area (Å²) in [7, 11) is 1.92. The van der Waals surface area contributed by atoms with E-state index in [-0.39, 0.29) is 0 Å². The third-order valence-corrected chi connectivity index (χ3v) is 2.55. The zero-order valence-electron chi connectivity index (χ0n) is 10.2. The zero-order chi connectivity index (χ0) is 12.0. The Bertz CT molecular complexity index is 312. The van der Waals surface area contributed by atoms with Crippen molar-refractivity contribution in [2.45, 2.75) is 26.5 Å². The molecule has 0 aliphatic rings. The Morgan fingerprint density at radius 2 is 2.38 bits per heavy atom. The number of nitrogens with one attached hydrogen (secondary N) is 1. The van der Waals surface area contributed by atoms with Gasteiger partial charge in [0.1, 0.15) is 0 Å². The van der Waals surface area contributed by atoms with E-state index in [4.69, 9.17) is 4.74 Å². The van der Waals surface area contributed by atoms with Crippen molar-refractivity contribution in [3.63, 3.8) is 0 Å². The molecule has 92 valence electrons. The van der Waals surface area contributed by atoms with E-state index >= 15 is 0 Å². The molecule has 1 unspecified atom stereocenters. The van der Waals surface area contributed by atoms with Crippen molar-refractivity contribution in [3.05, 3.63) is 17.5 Å². The first-order valence-corrected chi connectivity index (χ1v) is 5.59. The number of aromatic nitrogens is 2. The average molecular weight is 227 g/mol. The fourth-order valence-corrected chi connectivity index (χ4v) is 1.40. The van der Waals surface area contributed by atoms with Crippen LogP contribution in [0.3, 0.4) is 0 Å². The summed E-state index contributed by atoms with van der Waals surface area (Å²) >= 11 is 0. The second-order valence-corrected chi connectivity index (χ2v) is 3.82. The molecule has 1 atom stereocenters. The van der Waals surface area contributed by atoms with E-state index in [9.17, 15) is 5.11 Å². The standard InChI is InChI=1S/C11H21N3O2/c1-4-16-8-11(15)7-12-5-10-6-13-14(3)9(10)2/h6,11-12,15H,4-5,7-8H2,1-3H3. The number of aryl methyl sites for hydroxylation is 1. The molecule has 1 aromatic rings. The SMILES string of the molecule is CCOCC(O)CNCc1cnn(C)c1C. The van der Waals surface area contributed by atoms with Crippen LogP contribution in [0, 0.1) is 6.92 Å². The van der Waals surface area contributed by atoms with Crippen LogP contribution in [0.4, 0.5) is 0 Å². The first-order valence-electron chi connectivity index (χ1n) is 5.59. The Morgan fingerprint density at radius 1 is 1.62 bits per heavy atom. The van der Waals surface area contributed by atoms with Gasteiger partial charge < -0.3 is 15.2 Å². The quantitative estimate of drug-likeness (QED) is 0.699. The molecular weight excluding hydrogens is 206 g/mol. The Kier molecular flexibility index (Phi) is 5.45.